The Morgan fingerprint density at radius 2 is 1.81 bits per heavy atom. The third-order valence-electron chi connectivity index (χ3n) is 3.71. The summed E-state index contributed by atoms with van der Waals surface area (Å²) in [7, 11) is 1.27. The van der Waals surface area contributed by atoms with Crippen LogP contribution < -0.4 is 10.6 Å². The first-order chi connectivity index (χ1) is 12.4. The van der Waals surface area contributed by atoms with Crippen molar-refractivity contribution < 1.29 is 19.1 Å². The number of ether oxygens (including phenoxy) is 1. The maximum Gasteiger partial charge on any atom is 0.314 e. The standard InChI is InChI=1S/C18H22N4O4/c1-12(2)22-15(9-10-19-22)21-18(25)17(24)20-14(11-16(23)26-3)13-7-5-4-6-8-13/h4-10,12,14H,11H2,1-3H3,(H,20,24)(H,21,25)/t14-/m0/s1. The lowest BCUT2D eigenvalue weighted by molar-refractivity contribution is -0.142. The van der Waals surface area contributed by atoms with Crippen molar-refractivity contribution in [3.05, 3.63) is 48.2 Å². The fourth-order valence-corrected chi connectivity index (χ4v) is 2.41. The molecule has 1 aromatic heterocycles. The van der Waals surface area contributed by atoms with Gasteiger partial charge in [0.25, 0.3) is 0 Å². The first-order valence-electron chi connectivity index (χ1n) is 8.19. The van der Waals surface area contributed by atoms with Crippen LogP contribution in [0.25, 0.3) is 0 Å². The van der Waals surface area contributed by atoms with Crippen LogP contribution in [-0.2, 0) is 19.1 Å². The Morgan fingerprint density at radius 3 is 2.42 bits per heavy atom. The van der Waals surface area contributed by atoms with Gasteiger partial charge in [0.2, 0.25) is 0 Å². The number of hydrogen-bond acceptors (Lipinski definition) is 5. The van der Waals surface area contributed by atoms with Crippen LogP contribution in [-0.4, -0.2) is 34.7 Å². The normalized spacial score (nSPS) is 11.7. The van der Waals surface area contributed by atoms with Gasteiger partial charge in [-0.1, -0.05) is 30.3 Å². The first-order valence-corrected chi connectivity index (χ1v) is 8.19. The molecule has 0 unspecified atom stereocenters. The molecule has 0 spiro atoms. The summed E-state index contributed by atoms with van der Waals surface area (Å²) in [6.45, 7) is 3.81. The Kier molecular flexibility index (Phi) is 6.48. The van der Waals surface area contributed by atoms with Crippen LogP contribution >= 0.6 is 0 Å². The number of amides is 2. The highest BCUT2D eigenvalue weighted by Gasteiger charge is 2.23. The van der Waals surface area contributed by atoms with Gasteiger partial charge < -0.3 is 15.4 Å². The number of hydrogen-bond donors (Lipinski definition) is 2. The molecular formula is C18H22N4O4. The highest BCUT2D eigenvalue weighted by molar-refractivity contribution is 6.39. The topological polar surface area (TPSA) is 102 Å². The largest absolute Gasteiger partial charge is 0.469 e. The Morgan fingerprint density at radius 1 is 1.12 bits per heavy atom. The van der Waals surface area contributed by atoms with Crippen LogP contribution in [0.4, 0.5) is 5.82 Å². The van der Waals surface area contributed by atoms with Gasteiger partial charge in [-0.2, -0.15) is 5.10 Å². The Labute approximate surface area is 151 Å². The highest BCUT2D eigenvalue weighted by atomic mass is 16.5. The molecule has 1 heterocycles. The maximum absolute atomic E-state index is 12.3. The van der Waals surface area contributed by atoms with E-state index in [0.29, 0.717) is 11.4 Å². The van der Waals surface area contributed by atoms with E-state index in [1.807, 2.05) is 19.9 Å². The van der Waals surface area contributed by atoms with Gasteiger partial charge in [-0.15, -0.1) is 0 Å². The number of rotatable bonds is 6. The van der Waals surface area contributed by atoms with E-state index in [0.717, 1.165) is 0 Å². The number of nitrogens with zero attached hydrogens (tertiary/aromatic N) is 2. The average molecular weight is 358 g/mol. The lowest BCUT2D eigenvalue weighted by atomic mass is 10.0. The second-order valence-electron chi connectivity index (χ2n) is 5.93. The number of aromatic nitrogens is 2. The van der Waals surface area contributed by atoms with E-state index in [9.17, 15) is 14.4 Å². The van der Waals surface area contributed by atoms with E-state index in [2.05, 4.69) is 20.5 Å². The molecule has 0 aliphatic carbocycles. The molecule has 2 N–H and O–H groups in total. The molecule has 2 rings (SSSR count). The zero-order chi connectivity index (χ0) is 19.1. The van der Waals surface area contributed by atoms with Crippen molar-refractivity contribution >= 4 is 23.6 Å². The molecule has 8 heteroatoms. The SMILES string of the molecule is COC(=O)C[C@H](NC(=O)C(=O)Nc1ccnn1C(C)C)c1ccccc1. The fourth-order valence-electron chi connectivity index (χ4n) is 2.41. The number of esters is 1. The second-order valence-corrected chi connectivity index (χ2v) is 5.93. The van der Waals surface area contributed by atoms with Crippen molar-refractivity contribution in [1.29, 1.82) is 0 Å². The maximum atomic E-state index is 12.3. The number of nitrogens with one attached hydrogen (secondary N) is 2. The minimum absolute atomic E-state index is 0.0275. The molecule has 2 amide bonds. The molecule has 138 valence electrons. The molecule has 0 aliphatic rings. The fraction of sp³-hybridized carbons (Fsp3) is 0.333. The van der Waals surface area contributed by atoms with Gasteiger partial charge in [0.1, 0.15) is 5.82 Å². The molecule has 0 bridgehead atoms. The molecule has 1 aromatic carbocycles. The van der Waals surface area contributed by atoms with Crippen molar-refractivity contribution in [1.82, 2.24) is 15.1 Å². The highest BCUT2D eigenvalue weighted by Crippen LogP contribution is 2.17. The molecular weight excluding hydrogens is 336 g/mol. The second kappa shape index (κ2) is 8.80. The summed E-state index contributed by atoms with van der Waals surface area (Å²) in [6.07, 6.45) is 1.46. The lowest BCUT2D eigenvalue weighted by Gasteiger charge is -2.18. The summed E-state index contributed by atoms with van der Waals surface area (Å²) in [5.41, 5.74) is 0.700. The molecule has 0 radical (unpaired) electrons. The van der Waals surface area contributed by atoms with Gasteiger partial charge in [0, 0.05) is 12.1 Å². The molecule has 0 saturated heterocycles. The van der Waals surface area contributed by atoms with Crippen molar-refractivity contribution in [3.63, 3.8) is 0 Å². The Bertz CT molecular complexity index is 771. The van der Waals surface area contributed by atoms with E-state index in [-0.39, 0.29) is 12.5 Å². The molecule has 0 fully saturated rings. The molecule has 26 heavy (non-hydrogen) atoms. The predicted octanol–water partition coefficient (Wildman–Crippen LogP) is 1.82. The van der Waals surface area contributed by atoms with Gasteiger partial charge >= 0.3 is 17.8 Å². The molecule has 0 aliphatic heterocycles. The minimum Gasteiger partial charge on any atom is -0.469 e. The number of anilines is 1. The van der Waals surface area contributed by atoms with Gasteiger partial charge in [-0.25, -0.2) is 4.68 Å². The quantitative estimate of drug-likeness (QED) is 0.606. The smallest absolute Gasteiger partial charge is 0.314 e. The van der Waals surface area contributed by atoms with Gasteiger partial charge in [0.05, 0.1) is 25.8 Å². The molecule has 2 aromatic rings. The third kappa shape index (κ3) is 4.92. The summed E-state index contributed by atoms with van der Waals surface area (Å²) in [4.78, 5) is 36.2. The van der Waals surface area contributed by atoms with Crippen LogP contribution in [0.2, 0.25) is 0 Å². The Hall–Kier alpha value is -3.16. The van der Waals surface area contributed by atoms with E-state index in [4.69, 9.17) is 0 Å². The van der Waals surface area contributed by atoms with Gasteiger partial charge in [0.15, 0.2) is 0 Å². The third-order valence-corrected chi connectivity index (χ3v) is 3.71. The zero-order valence-corrected chi connectivity index (χ0v) is 14.9. The summed E-state index contributed by atoms with van der Waals surface area (Å²) >= 11 is 0. The number of methoxy groups -OCH3 is 1. The molecule has 8 nitrogen and oxygen atoms in total. The zero-order valence-electron chi connectivity index (χ0n) is 14.9. The van der Waals surface area contributed by atoms with Crippen molar-refractivity contribution in [2.24, 2.45) is 0 Å². The van der Waals surface area contributed by atoms with E-state index >= 15 is 0 Å². The predicted molar refractivity (Wildman–Crippen MR) is 95.2 cm³/mol. The van der Waals surface area contributed by atoms with Crippen LogP contribution in [0, 0.1) is 0 Å². The van der Waals surface area contributed by atoms with Crippen molar-refractivity contribution in [3.8, 4) is 0 Å². The number of carbonyl (C=O) groups is 3. The summed E-state index contributed by atoms with van der Waals surface area (Å²) in [6, 6.07) is 9.88. The first kappa shape index (κ1) is 19.2. The average Bonchev–Trinajstić information content (AvgIpc) is 3.10. The minimum atomic E-state index is -0.848. The van der Waals surface area contributed by atoms with E-state index in [1.165, 1.54) is 13.3 Å². The lowest BCUT2D eigenvalue weighted by Crippen LogP contribution is -2.39. The van der Waals surface area contributed by atoms with Gasteiger partial charge in [-0.05, 0) is 19.4 Å². The van der Waals surface area contributed by atoms with Crippen LogP contribution in [0.15, 0.2) is 42.6 Å². The summed E-state index contributed by atoms with van der Waals surface area (Å²) in [5.74, 6) is -1.75. The Balaban J connectivity index is 2.09. The van der Waals surface area contributed by atoms with Gasteiger partial charge in [-0.3, -0.25) is 14.4 Å². The van der Waals surface area contributed by atoms with Crippen LogP contribution in [0.5, 0.6) is 0 Å². The summed E-state index contributed by atoms with van der Waals surface area (Å²) in [5, 5.41) is 9.20. The van der Waals surface area contributed by atoms with Crippen molar-refractivity contribution in [2.45, 2.75) is 32.4 Å². The summed E-state index contributed by atoms with van der Waals surface area (Å²) < 4.78 is 6.26. The van der Waals surface area contributed by atoms with E-state index in [1.54, 1.807) is 35.0 Å². The van der Waals surface area contributed by atoms with Crippen LogP contribution in [0.1, 0.15) is 37.9 Å². The number of carbonyl (C=O) groups excluding carboxylic acids is 3. The molecule has 1 atom stereocenters. The van der Waals surface area contributed by atoms with Crippen LogP contribution in [0.3, 0.4) is 0 Å². The van der Waals surface area contributed by atoms with Crippen molar-refractivity contribution in [2.75, 3.05) is 12.4 Å². The number of benzene rings is 1. The molecule has 0 saturated carbocycles. The monoisotopic (exact) mass is 358 g/mol. The van der Waals surface area contributed by atoms with E-state index < -0.39 is 23.8 Å².